The number of carboxylic acid groups (broad SMARTS) is 1. The van der Waals surface area contributed by atoms with Gasteiger partial charge < -0.3 is 10.2 Å². The molecule has 0 aliphatic carbocycles. The molecule has 3 nitrogen and oxygen atoms in total. The van der Waals surface area contributed by atoms with Crippen LogP contribution in [0.3, 0.4) is 0 Å². The highest BCUT2D eigenvalue weighted by Crippen LogP contribution is 2.19. The highest BCUT2D eigenvalue weighted by molar-refractivity contribution is 5.94. The van der Waals surface area contributed by atoms with Crippen LogP contribution in [0.15, 0.2) is 36.4 Å². The van der Waals surface area contributed by atoms with Crippen molar-refractivity contribution in [2.75, 3.05) is 0 Å². The molecule has 2 aromatic rings. The summed E-state index contributed by atoms with van der Waals surface area (Å²) in [4.78, 5) is 10.6. The molecule has 0 saturated carbocycles. The molecule has 0 saturated heterocycles. The van der Waals surface area contributed by atoms with Crippen LogP contribution in [-0.4, -0.2) is 11.1 Å². The van der Waals surface area contributed by atoms with Crippen molar-refractivity contribution >= 4 is 16.7 Å². The summed E-state index contributed by atoms with van der Waals surface area (Å²) in [5.74, 6) is -1.03. The highest BCUT2D eigenvalue weighted by atomic mass is 16.4. The molecule has 0 fully saturated rings. The molecule has 0 amide bonds. The molecule has 70 valence electrons. The van der Waals surface area contributed by atoms with Gasteiger partial charge in [0.15, 0.2) is 0 Å². The largest absolute Gasteiger partial charge is 0.872 e. The summed E-state index contributed by atoms with van der Waals surface area (Å²) in [6, 6.07) is 9.22. The summed E-state index contributed by atoms with van der Waals surface area (Å²) < 4.78 is 0. The minimum absolute atomic E-state index is 0.0689. The summed E-state index contributed by atoms with van der Waals surface area (Å²) in [5.41, 5.74) is 0.233. The number of aromatic carboxylic acids is 1. The number of rotatable bonds is 1. The lowest BCUT2D eigenvalue weighted by Crippen LogP contribution is -1.95. The molecule has 0 aliphatic heterocycles. The molecule has 0 aromatic heterocycles. The lowest BCUT2D eigenvalue weighted by Gasteiger charge is -2.06. The molecule has 1 N–H and O–H groups in total. The van der Waals surface area contributed by atoms with E-state index in [1.807, 2.05) is 0 Å². The molecule has 3 heteroatoms. The normalized spacial score (nSPS) is 10.3. The second kappa shape index (κ2) is 3.03. The van der Waals surface area contributed by atoms with Gasteiger partial charge in [-0.25, -0.2) is 4.79 Å². The summed E-state index contributed by atoms with van der Waals surface area (Å²) in [5, 5.41) is 21.3. The van der Waals surface area contributed by atoms with Crippen LogP contribution >= 0.6 is 0 Å². The van der Waals surface area contributed by atoms with Crippen molar-refractivity contribution in [2.45, 2.75) is 0 Å². The van der Waals surface area contributed by atoms with Crippen LogP contribution in [0.5, 0.6) is 5.75 Å². The third-order valence-corrected chi connectivity index (χ3v) is 2.06. The van der Waals surface area contributed by atoms with Gasteiger partial charge in [-0.15, -0.1) is 5.75 Å². The van der Waals surface area contributed by atoms with E-state index in [2.05, 4.69) is 0 Å². The quantitative estimate of drug-likeness (QED) is 0.737. The molecular weight excluding hydrogens is 180 g/mol. The van der Waals surface area contributed by atoms with Crippen LogP contribution in [0.2, 0.25) is 0 Å². The zero-order valence-electron chi connectivity index (χ0n) is 7.23. The Morgan fingerprint density at radius 2 is 1.71 bits per heavy atom. The molecule has 0 heterocycles. The minimum atomic E-state index is -0.960. The number of fused-ring (bicyclic) bond motifs is 1. The second-order valence-corrected chi connectivity index (χ2v) is 3.03. The van der Waals surface area contributed by atoms with Crippen molar-refractivity contribution in [1.29, 1.82) is 0 Å². The van der Waals surface area contributed by atoms with E-state index in [4.69, 9.17) is 5.11 Å². The first kappa shape index (κ1) is 8.56. The van der Waals surface area contributed by atoms with Gasteiger partial charge in [-0.1, -0.05) is 24.3 Å². The van der Waals surface area contributed by atoms with Crippen LogP contribution in [0, 0.1) is 0 Å². The third kappa shape index (κ3) is 1.40. The number of carbonyl (C=O) groups is 1. The van der Waals surface area contributed by atoms with Crippen molar-refractivity contribution in [2.24, 2.45) is 0 Å². The maximum atomic E-state index is 11.0. The maximum absolute atomic E-state index is 11.0. The Hall–Kier alpha value is -2.03. The van der Waals surface area contributed by atoms with Crippen LogP contribution in [0.25, 0.3) is 10.8 Å². The van der Waals surface area contributed by atoms with E-state index < -0.39 is 5.97 Å². The Balaban J connectivity index is 2.67. The third-order valence-electron chi connectivity index (χ3n) is 2.06. The van der Waals surface area contributed by atoms with E-state index >= 15 is 0 Å². The summed E-state index contributed by atoms with van der Waals surface area (Å²) in [6.07, 6.45) is 0. The molecule has 0 radical (unpaired) electrons. The Kier molecular flexibility index (Phi) is 1.85. The van der Waals surface area contributed by atoms with E-state index in [9.17, 15) is 9.90 Å². The Labute approximate surface area is 80.2 Å². The predicted molar refractivity (Wildman–Crippen MR) is 50.4 cm³/mol. The Bertz CT molecular complexity index is 503. The molecule has 0 atom stereocenters. The fraction of sp³-hybridized carbons (Fsp3) is 0. The molecule has 14 heavy (non-hydrogen) atoms. The van der Waals surface area contributed by atoms with E-state index in [0.29, 0.717) is 0 Å². The minimum Gasteiger partial charge on any atom is -0.872 e. The zero-order valence-corrected chi connectivity index (χ0v) is 7.23. The van der Waals surface area contributed by atoms with Crippen molar-refractivity contribution in [3.05, 3.63) is 42.0 Å². The van der Waals surface area contributed by atoms with E-state index in [1.54, 1.807) is 18.2 Å². The monoisotopic (exact) mass is 187 g/mol. The zero-order chi connectivity index (χ0) is 10.1. The predicted octanol–water partition coefficient (Wildman–Crippen LogP) is 1.61. The van der Waals surface area contributed by atoms with Gasteiger partial charge in [0.2, 0.25) is 0 Å². The standard InChI is InChI=1S/C11H8O3/c12-10-4-3-7-5-9(11(13)14)2-1-8(7)6-10/h1-6,12H,(H,13,14)/p-1. The van der Waals surface area contributed by atoms with Crippen LogP contribution in [0.1, 0.15) is 10.4 Å². The summed E-state index contributed by atoms with van der Waals surface area (Å²) in [7, 11) is 0. The Morgan fingerprint density at radius 1 is 1.07 bits per heavy atom. The van der Waals surface area contributed by atoms with E-state index in [1.165, 1.54) is 18.2 Å². The first-order chi connectivity index (χ1) is 6.66. The molecular formula is C11H7O3-. The van der Waals surface area contributed by atoms with Crippen molar-refractivity contribution in [3.63, 3.8) is 0 Å². The van der Waals surface area contributed by atoms with Crippen LogP contribution in [-0.2, 0) is 0 Å². The first-order valence-corrected chi connectivity index (χ1v) is 4.11. The molecule has 2 rings (SSSR count). The SMILES string of the molecule is O=C(O)c1ccc2cc([O-])ccc2c1. The molecule has 2 aromatic carbocycles. The van der Waals surface area contributed by atoms with Gasteiger partial charge >= 0.3 is 5.97 Å². The van der Waals surface area contributed by atoms with Gasteiger partial charge in [0.25, 0.3) is 0 Å². The van der Waals surface area contributed by atoms with Crippen molar-refractivity contribution < 1.29 is 15.0 Å². The molecule has 0 unspecified atom stereocenters. The van der Waals surface area contributed by atoms with Gasteiger partial charge in [-0.2, -0.15) is 0 Å². The number of carboxylic acids is 1. The van der Waals surface area contributed by atoms with Gasteiger partial charge in [-0.3, -0.25) is 0 Å². The van der Waals surface area contributed by atoms with Crippen molar-refractivity contribution in [3.8, 4) is 5.75 Å². The smallest absolute Gasteiger partial charge is 0.335 e. The van der Waals surface area contributed by atoms with Crippen LogP contribution < -0.4 is 5.11 Å². The van der Waals surface area contributed by atoms with Crippen LogP contribution in [0.4, 0.5) is 0 Å². The maximum Gasteiger partial charge on any atom is 0.335 e. The molecule has 0 spiro atoms. The van der Waals surface area contributed by atoms with Gasteiger partial charge in [0.05, 0.1) is 5.56 Å². The van der Waals surface area contributed by atoms with E-state index in [-0.39, 0.29) is 11.3 Å². The Morgan fingerprint density at radius 3 is 2.43 bits per heavy atom. The second-order valence-electron chi connectivity index (χ2n) is 3.03. The fourth-order valence-electron chi connectivity index (χ4n) is 1.36. The summed E-state index contributed by atoms with van der Waals surface area (Å²) >= 11 is 0. The first-order valence-electron chi connectivity index (χ1n) is 4.11. The number of benzene rings is 2. The van der Waals surface area contributed by atoms with E-state index in [0.717, 1.165) is 10.8 Å². The lowest BCUT2D eigenvalue weighted by molar-refractivity contribution is -0.268. The average Bonchev–Trinajstić information content (AvgIpc) is 2.16. The number of hydrogen-bond acceptors (Lipinski definition) is 2. The molecule has 0 bridgehead atoms. The lowest BCUT2D eigenvalue weighted by atomic mass is 10.1. The average molecular weight is 187 g/mol. The van der Waals surface area contributed by atoms with Crippen molar-refractivity contribution in [1.82, 2.24) is 0 Å². The van der Waals surface area contributed by atoms with Gasteiger partial charge in [0, 0.05) is 0 Å². The fourth-order valence-corrected chi connectivity index (χ4v) is 1.36. The summed E-state index contributed by atoms with van der Waals surface area (Å²) in [6.45, 7) is 0. The highest BCUT2D eigenvalue weighted by Gasteiger charge is 2.02. The van der Waals surface area contributed by atoms with Gasteiger partial charge in [0.1, 0.15) is 0 Å². The topological polar surface area (TPSA) is 60.4 Å². The number of hydrogen-bond donors (Lipinski definition) is 1. The molecule has 0 aliphatic rings. The van der Waals surface area contributed by atoms with Gasteiger partial charge in [-0.05, 0) is 22.9 Å².